The predicted molar refractivity (Wildman–Crippen MR) is 88.3 cm³/mol. The van der Waals surface area contributed by atoms with Gasteiger partial charge in [0.25, 0.3) is 0 Å². The van der Waals surface area contributed by atoms with E-state index in [2.05, 4.69) is 13.0 Å². The van der Waals surface area contributed by atoms with Crippen molar-refractivity contribution in [3.8, 4) is 0 Å². The Morgan fingerprint density at radius 1 is 0.955 bits per heavy atom. The molecule has 2 heteroatoms. The standard InChI is InChI=1S/C20H32O2/c1-19(22)10-8-14-13(12-19)6-7-16-15(14)9-11-20(2)17(16)4-3-5-18(20)21/h3,5,13-18,21-22H,4,6-12H2,1-2H3/t13-,14+,15-,16-,17+,18+,19-,20+/m1/s1. The van der Waals surface area contributed by atoms with E-state index in [1.54, 1.807) is 0 Å². The van der Waals surface area contributed by atoms with Gasteiger partial charge in [-0.05, 0) is 87.9 Å². The van der Waals surface area contributed by atoms with Gasteiger partial charge in [-0.25, -0.2) is 0 Å². The van der Waals surface area contributed by atoms with Crippen molar-refractivity contribution in [1.29, 1.82) is 0 Å². The quantitative estimate of drug-likeness (QED) is 0.666. The summed E-state index contributed by atoms with van der Waals surface area (Å²) in [6.07, 6.45) is 13.5. The molecule has 4 aliphatic carbocycles. The molecule has 4 aliphatic rings. The Morgan fingerprint density at radius 3 is 2.55 bits per heavy atom. The van der Waals surface area contributed by atoms with Gasteiger partial charge in [0.15, 0.2) is 0 Å². The van der Waals surface area contributed by atoms with E-state index < -0.39 is 5.60 Å². The predicted octanol–water partition coefficient (Wildman–Crippen LogP) is 3.92. The maximum atomic E-state index is 10.5. The van der Waals surface area contributed by atoms with Crippen molar-refractivity contribution in [2.24, 2.45) is 35.0 Å². The fraction of sp³-hybridized carbons (Fsp3) is 0.900. The number of hydrogen-bond donors (Lipinski definition) is 2. The molecule has 0 aliphatic heterocycles. The van der Waals surface area contributed by atoms with E-state index in [4.69, 9.17) is 0 Å². The molecule has 0 bridgehead atoms. The zero-order chi connectivity index (χ0) is 15.5. The molecular formula is C20H32O2. The van der Waals surface area contributed by atoms with Gasteiger partial charge in [-0.1, -0.05) is 19.1 Å². The van der Waals surface area contributed by atoms with Crippen molar-refractivity contribution in [3.05, 3.63) is 12.2 Å². The molecule has 0 aromatic heterocycles. The first-order chi connectivity index (χ1) is 10.4. The normalized spacial score (nSPS) is 57.6. The van der Waals surface area contributed by atoms with Crippen molar-refractivity contribution < 1.29 is 10.2 Å². The minimum Gasteiger partial charge on any atom is -0.390 e. The van der Waals surface area contributed by atoms with E-state index in [0.717, 1.165) is 36.5 Å². The number of aliphatic hydroxyl groups is 2. The molecule has 0 unspecified atom stereocenters. The van der Waals surface area contributed by atoms with Crippen LogP contribution in [0.3, 0.4) is 0 Å². The zero-order valence-electron chi connectivity index (χ0n) is 14.2. The number of aliphatic hydroxyl groups excluding tert-OH is 1. The number of allylic oxidation sites excluding steroid dienone is 1. The van der Waals surface area contributed by atoms with Crippen LogP contribution in [-0.2, 0) is 0 Å². The summed E-state index contributed by atoms with van der Waals surface area (Å²) >= 11 is 0. The summed E-state index contributed by atoms with van der Waals surface area (Å²) in [7, 11) is 0. The van der Waals surface area contributed by atoms with Crippen LogP contribution >= 0.6 is 0 Å². The molecule has 0 spiro atoms. The van der Waals surface area contributed by atoms with Gasteiger partial charge in [0.1, 0.15) is 0 Å². The summed E-state index contributed by atoms with van der Waals surface area (Å²) in [5, 5.41) is 21.0. The fourth-order valence-corrected chi connectivity index (χ4v) is 6.81. The Kier molecular flexibility index (Phi) is 3.51. The summed E-state index contributed by atoms with van der Waals surface area (Å²) < 4.78 is 0. The van der Waals surface area contributed by atoms with E-state index in [1.807, 2.05) is 13.0 Å². The Bertz CT molecular complexity index is 468. The molecule has 0 aromatic carbocycles. The van der Waals surface area contributed by atoms with Gasteiger partial charge in [-0.3, -0.25) is 0 Å². The highest BCUT2D eigenvalue weighted by atomic mass is 16.3. The van der Waals surface area contributed by atoms with Crippen LogP contribution < -0.4 is 0 Å². The highest BCUT2D eigenvalue weighted by Crippen LogP contribution is 2.61. The van der Waals surface area contributed by atoms with Gasteiger partial charge >= 0.3 is 0 Å². The molecule has 2 nitrogen and oxygen atoms in total. The second-order valence-electron chi connectivity index (χ2n) is 9.33. The lowest BCUT2D eigenvalue weighted by Crippen LogP contribution is -2.54. The molecular weight excluding hydrogens is 272 g/mol. The molecule has 0 aromatic rings. The number of rotatable bonds is 0. The van der Waals surface area contributed by atoms with E-state index in [9.17, 15) is 10.2 Å². The Labute approximate surface area is 135 Å². The molecule has 0 radical (unpaired) electrons. The summed E-state index contributed by atoms with van der Waals surface area (Å²) in [5.41, 5.74) is -0.302. The highest BCUT2D eigenvalue weighted by Gasteiger charge is 2.55. The van der Waals surface area contributed by atoms with Gasteiger partial charge in [0.05, 0.1) is 11.7 Å². The van der Waals surface area contributed by atoms with Crippen LogP contribution in [0.1, 0.15) is 65.2 Å². The van der Waals surface area contributed by atoms with Crippen LogP contribution in [0.25, 0.3) is 0 Å². The summed E-state index contributed by atoms with van der Waals surface area (Å²) in [6.45, 7) is 4.37. The molecule has 2 N–H and O–H groups in total. The van der Waals surface area contributed by atoms with E-state index in [0.29, 0.717) is 5.92 Å². The average Bonchev–Trinajstić information content (AvgIpc) is 2.47. The van der Waals surface area contributed by atoms with Gasteiger partial charge in [0.2, 0.25) is 0 Å². The van der Waals surface area contributed by atoms with Crippen LogP contribution in [0.15, 0.2) is 12.2 Å². The van der Waals surface area contributed by atoms with E-state index >= 15 is 0 Å². The average molecular weight is 304 g/mol. The Morgan fingerprint density at radius 2 is 1.73 bits per heavy atom. The smallest absolute Gasteiger partial charge is 0.0777 e. The number of fused-ring (bicyclic) bond motifs is 5. The largest absolute Gasteiger partial charge is 0.390 e. The lowest BCUT2D eigenvalue weighted by atomic mass is 9.47. The lowest BCUT2D eigenvalue weighted by molar-refractivity contribution is -0.123. The summed E-state index contributed by atoms with van der Waals surface area (Å²) in [4.78, 5) is 0. The van der Waals surface area contributed by atoms with Crippen molar-refractivity contribution in [2.45, 2.75) is 76.9 Å². The molecule has 0 saturated heterocycles. The lowest BCUT2D eigenvalue weighted by Gasteiger charge is -2.59. The minimum atomic E-state index is -0.416. The first-order valence-electron chi connectivity index (χ1n) is 9.48. The molecule has 0 amide bonds. The van der Waals surface area contributed by atoms with Gasteiger partial charge < -0.3 is 10.2 Å². The van der Waals surface area contributed by atoms with Crippen LogP contribution in [0.4, 0.5) is 0 Å². The van der Waals surface area contributed by atoms with E-state index in [1.165, 1.54) is 38.5 Å². The van der Waals surface area contributed by atoms with Crippen LogP contribution in [-0.4, -0.2) is 21.9 Å². The topological polar surface area (TPSA) is 40.5 Å². The summed E-state index contributed by atoms with van der Waals surface area (Å²) in [6, 6.07) is 0. The van der Waals surface area contributed by atoms with Crippen molar-refractivity contribution in [3.63, 3.8) is 0 Å². The maximum absolute atomic E-state index is 10.5. The van der Waals surface area contributed by atoms with Crippen molar-refractivity contribution in [1.82, 2.24) is 0 Å². The van der Waals surface area contributed by atoms with Crippen molar-refractivity contribution >= 4 is 0 Å². The zero-order valence-corrected chi connectivity index (χ0v) is 14.2. The second-order valence-corrected chi connectivity index (χ2v) is 9.33. The first kappa shape index (κ1) is 15.2. The third kappa shape index (κ3) is 2.21. The molecule has 22 heavy (non-hydrogen) atoms. The minimum absolute atomic E-state index is 0.114. The molecule has 124 valence electrons. The molecule has 0 heterocycles. The van der Waals surface area contributed by atoms with Crippen LogP contribution in [0.2, 0.25) is 0 Å². The molecule has 3 fully saturated rings. The van der Waals surface area contributed by atoms with Gasteiger partial charge in [-0.2, -0.15) is 0 Å². The monoisotopic (exact) mass is 304 g/mol. The fourth-order valence-electron chi connectivity index (χ4n) is 6.81. The molecule has 8 atom stereocenters. The van der Waals surface area contributed by atoms with Gasteiger partial charge in [0, 0.05) is 5.41 Å². The third-order valence-electron chi connectivity index (χ3n) is 8.06. The molecule has 3 saturated carbocycles. The van der Waals surface area contributed by atoms with Crippen molar-refractivity contribution in [2.75, 3.05) is 0 Å². The van der Waals surface area contributed by atoms with Gasteiger partial charge in [-0.15, -0.1) is 0 Å². The maximum Gasteiger partial charge on any atom is 0.0777 e. The Balaban J connectivity index is 1.57. The highest BCUT2D eigenvalue weighted by molar-refractivity contribution is 5.12. The summed E-state index contributed by atoms with van der Waals surface area (Å²) in [5.74, 6) is 3.92. The van der Waals surface area contributed by atoms with Crippen LogP contribution in [0, 0.1) is 35.0 Å². The first-order valence-corrected chi connectivity index (χ1v) is 9.48. The molecule has 4 rings (SSSR count). The Hall–Kier alpha value is -0.340. The third-order valence-corrected chi connectivity index (χ3v) is 8.06. The van der Waals surface area contributed by atoms with Crippen LogP contribution in [0.5, 0.6) is 0 Å². The SMILES string of the molecule is C[C@@]1(O)CC[C@H]2[C@H](CC[C@@H]3[C@@H]2CC[C@]2(C)[C@@H](O)C=CC[C@@H]32)C1. The second kappa shape index (κ2) is 5.08. The number of hydrogen-bond acceptors (Lipinski definition) is 2. The van der Waals surface area contributed by atoms with E-state index in [-0.39, 0.29) is 11.5 Å².